The summed E-state index contributed by atoms with van der Waals surface area (Å²) in [4.78, 5) is 37.5. The van der Waals surface area contributed by atoms with E-state index in [1.54, 1.807) is 19.9 Å². The molecule has 1 aromatic rings. The van der Waals surface area contributed by atoms with Crippen molar-refractivity contribution in [3.63, 3.8) is 0 Å². The molecule has 0 bridgehead atoms. The van der Waals surface area contributed by atoms with Crippen LogP contribution in [0.1, 0.15) is 51.9 Å². The summed E-state index contributed by atoms with van der Waals surface area (Å²) < 4.78 is 16.1. The monoisotopic (exact) mass is 480 g/mol. The lowest BCUT2D eigenvalue weighted by Gasteiger charge is -2.69. The highest BCUT2D eigenvalue weighted by Gasteiger charge is 2.80. The molecule has 34 heavy (non-hydrogen) atoms. The van der Waals surface area contributed by atoms with Crippen molar-refractivity contribution in [1.29, 1.82) is 0 Å². The molecule has 4 N–H and O–H groups in total. The van der Waals surface area contributed by atoms with Crippen molar-refractivity contribution in [1.82, 2.24) is 0 Å². The lowest BCUT2D eigenvalue weighted by atomic mass is 9.35. The Morgan fingerprint density at radius 1 is 1.12 bits per heavy atom. The Bertz CT molecular complexity index is 1020. The van der Waals surface area contributed by atoms with Crippen LogP contribution in [0, 0.1) is 16.7 Å². The van der Waals surface area contributed by atoms with Gasteiger partial charge in [0.05, 0.1) is 29.3 Å². The minimum absolute atomic E-state index is 0.304. The molecule has 0 spiro atoms. The van der Waals surface area contributed by atoms with Gasteiger partial charge in [-0.15, -0.1) is 0 Å². The number of rotatable bonds is 4. The van der Waals surface area contributed by atoms with Gasteiger partial charge < -0.3 is 34.3 Å². The van der Waals surface area contributed by atoms with Crippen molar-refractivity contribution < 1.29 is 48.7 Å². The fourth-order valence-electron chi connectivity index (χ4n) is 7.08. The molecular formula is C24H32O10. The second kappa shape index (κ2) is 7.87. The van der Waals surface area contributed by atoms with Crippen molar-refractivity contribution in [3.05, 3.63) is 23.7 Å². The average molecular weight is 481 g/mol. The summed E-state index contributed by atoms with van der Waals surface area (Å²) in [7, 11) is 0. The quantitative estimate of drug-likeness (QED) is 0.432. The first-order valence-electron chi connectivity index (χ1n) is 11.4. The normalized spacial score (nSPS) is 43.4. The van der Waals surface area contributed by atoms with E-state index in [-0.39, 0.29) is 6.42 Å². The van der Waals surface area contributed by atoms with Crippen LogP contribution in [0.4, 0.5) is 0 Å². The SMILES string of the molecule is CC(=O)OC[C@@]12[C@@H](O)C(=O)[C@]3(C)c4occc4CC[C@]3(C)[C@H]1[C@H](O)C[C@@H](O)[C@]2(O)COC(C)=O. The minimum atomic E-state index is -2.40. The molecule has 3 aliphatic rings. The van der Waals surface area contributed by atoms with Gasteiger partial charge in [-0.1, -0.05) is 6.92 Å². The van der Waals surface area contributed by atoms with Crippen molar-refractivity contribution >= 4 is 17.7 Å². The number of ether oxygens (including phenoxy) is 2. The number of carbonyl (C=O) groups is 3. The predicted octanol–water partition coefficient (Wildman–Crippen LogP) is 0.0188. The van der Waals surface area contributed by atoms with Crippen LogP contribution in [0.5, 0.6) is 0 Å². The van der Waals surface area contributed by atoms with Gasteiger partial charge in [-0.25, -0.2) is 0 Å². The standard InChI is InChI=1S/C24H32O10/c1-12(25)33-10-23-17(15(27)9-16(28)24(23,31)11-34-13(2)26)21(3)7-5-14-6-8-32-20(14)22(21,4)18(29)19(23)30/h6,8,15-17,19,27-28,30-31H,5,7,9-11H2,1-4H3/t15-,16-,17-,19+,21-,22-,23+,24-/m1/s1. The van der Waals surface area contributed by atoms with Crippen molar-refractivity contribution in [2.45, 2.75) is 76.3 Å². The fourth-order valence-corrected chi connectivity index (χ4v) is 7.08. The second-order valence-electron chi connectivity index (χ2n) is 10.4. The average Bonchev–Trinajstić information content (AvgIpc) is 3.24. The van der Waals surface area contributed by atoms with Gasteiger partial charge in [-0.3, -0.25) is 14.4 Å². The van der Waals surface area contributed by atoms with E-state index < -0.39 is 77.0 Å². The van der Waals surface area contributed by atoms with E-state index in [0.717, 1.165) is 19.4 Å². The molecule has 0 saturated heterocycles. The third-order valence-electron chi connectivity index (χ3n) is 8.94. The van der Waals surface area contributed by atoms with Crippen LogP contribution in [-0.4, -0.2) is 75.3 Å². The molecule has 0 aromatic carbocycles. The number of Topliss-reactive ketones (excluding diaryl/α,β-unsaturated/α-hetero) is 1. The molecule has 188 valence electrons. The summed E-state index contributed by atoms with van der Waals surface area (Å²) in [6.07, 6.45) is -2.89. The maximum absolute atomic E-state index is 14.1. The number of esters is 2. The minimum Gasteiger partial charge on any atom is -0.468 e. The smallest absolute Gasteiger partial charge is 0.302 e. The molecular weight excluding hydrogens is 448 g/mol. The number of furan rings is 1. The van der Waals surface area contributed by atoms with Gasteiger partial charge in [-0.05, 0) is 36.8 Å². The largest absolute Gasteiger partial charge is 0.468 e. The molecule has 1 aromatic heterocycles. The topological polar surface area (TPSA) is 164 Å². The lowest BCUT2D eigenvalue weighted by molar-refractivity contribution is -0.319. The number of aliphatic hydroxyl groups is 4. The van der Waals surface area contributed by atoms with Crippen LogP contribution in [0.25, 0.3) is 0 Å². The Morgan fingerprint density at radius 2 is 1.74 bits per heavy atom. The zero-order chi connectivity index (χ0) is 25.3. The predicted molar refractivity (Wildman–Crippen MR) is 114 cm³/mol. The summed E-state index contributed by atoms with van der Waals surface area (Å²) in [5, 5.41) is 45.9. The molecule has 10 heteroatoms. The summed E-state index contributed by atoms with van der Waals surface area (Å²) in [6.45, 7) is 4.23. The van der Waals surface area contributed by atoms with Crippen molar-refractivity contribution in [2.24, 2.45) is 16.7 Å². The highest BCUT2D eigenvalue weighted by atomic mass is 16.6. The Morgan fingerprint density at radius 3 is 2.35 bits per heavy atom. The second-order valence-corrected chi connectivity index (χ2v) is 10.4. The molecule has 0 aliphatic heterocycles. The van der Waals surface area contributed by atoms with E-state index in [2.05, 4.69) is 0 Å². The van der Waals surface area contributed by atoms with E-state index in [4.69, 9.17) is 13.9 Å². The van der Waals surface area contributed by atoms with Crippen molar-refractivity contribution in [3.8, 4) is 0 Å². The number of carbonyl (C=O) groups excluding carboxylic acids is 3. The Kier molecular flexibility index (Phi) is 5.75. The van der Waals surface area contributed by atoms with E-state index >= 15 is 0 Å². The number of ketones is 1. The molecule has 0 radical (unpaired) electrons. The first-order valence-corrected chi connectivity index (χ1v) is 11.4. The number of aliphatic hydroxyl groups excluding tert-OH is 3. The fraction of sp³-hybridized carbons (Fsp3) is 0.708. The Balaban J connectivity index is 1.99. The van der Waals surface area contributed by atoms with Crippen molar-refractivity contribution in [2.75, 3.05) is 13.2 Å². The number of fused-ring (bicyclic) bond motifs is 5. The highest BCUT2D eigenvalue weighted by molar-refractivity contribution is 5.96. The van der Waals surface area contributed by atoms with Gasteiger partial charge in [0.25, 0.3) is 0 Å². The molecule has 2 fully saturated rings. The number of hydrogen-bond acceptors (Lipinski definition) is 10. The van der Waals surface area contributed by atoms with Gasteiger partial charge in [0.2, 0.25) is 0 Å². The van der Waals surface area contributed by atoms with E-state index in [9.17, 15) is 34.8 Å². The molecule has 2 saturated carbocycles. The molecule has 0 amide bonds. The number of hydrogen-bond donors (Lipinski definition) is 4. The summed E-state index contributed by atoms with van der Waals surface area (Å²) >= 11 is 0. The third-order valence-corrected chi connectivity index (χ3v) is 8.94. The number of aryl methyl sites for hydroxylation is 1. The van der Waals surface area contributed by atoms with Crippen LogP contribution in [-0.2, 0) is 35.7 Å². The van der Waals surface area contributed by atoms with Crippen LogP contribution >= 0.6 is 0 Å². The van der Waals surface area contributed by atoms with Gasteiger partial charge in [-0.2, -0.15) is 0 Å². The van der Waals surface area contributed by atoms with E-state index in [1.807, 2.05) is 0 Å². The summed E-state index contributed by atoms with van der Waals surface area (Å²) in [5.41, 5.74) is -6.12. The zero-order valence-corrected chi connectivity index (χ0v) is 19.7. The van der Waals surface area contributed by atoms with E-state index in [1.165, 1.54) is 6.26 Å². The van der Waals surface area contributed by atoms with Gasteiger partial charge in [0.15, 0.2) is 5.78 Å². The molecule has 4 rings (SSSR count). The molecule has 10 nitrogen and oxygen atoms in total. The molecule has 3 aliphatic carbocycles. The molecule has 0 unspecified atom stereocenters. The zero-order valence-electron chi connectivity index (χ0n) is 19.7. The van der Waals surface area contributed by atoms with Gasteiger partial charge in [0.1, 0.15) is 30.7 Å². The van der Waals surface area contributed by atoms with Gasteiger partial charge >= 0.3 is 11.9 Å². The first kappa shape index (κ1) is 24.8. The third kappa shape index (κ3) is 2.92. The Labute approximate surface area is 196 Å². The highest BCUT2D eigenvalue weighted by Crippen LogP contribution is 2.69. The maximum Gasteiger partial charge on any atom is 0.302 e. The van der Waals surface area contributed by atoms with Crippen LogP contribution < -0.4 is 0 Å². The van der Waals surface area contributed by atoms with Crippen LogP contribution in [0.15, 0.2) is 16.7 Å². The summed E-state index contributed by atoms with van der Waals surface area (Å²) in [6, 6.07) is 1.76. The first-order chi connectivity index (χ1) is 15.8. The van der Waals surface area contributed by atoms with Crippen LogP contribution in [0.2, 0.25) is 0 Å². The molecule has 1 heterocycles. The Hall–Kier alpha value is -2.27. The maximum atomic E-state index is 14.1. The summed E-state index contributed by atoms with van der Waals surface area (Å²) in [5.74, 6) is -2.85. The lowest BCUT2D eigenvalue weighted by Crippen LogP contribution is -2.82. The van der Waals surface area contributed by atoms with Crippen LogP contribution in [0.3, 0.4) is 0 Å². The van der Waals surface area contributed by atoms with Gasteiger partial charge in [0, 0.05) is 26.2 Å². The molecule has 8 atom stereocenters. The van der Waals surface area contributed by atoms with E-state index in [0.29, 0.717) is 18.6 Å².